The molecule has 0 amide bonds. The van der Waals surface area contributed by atoms with Crippen LogP contribution in [0.3, 0.4) is 0 Å². The van der Waals surface area contributed by atoms with E-state index in [9.17, 15) is 9.90 Å². The Bertz CT molecular complexity index is 441. The SMILES string of the molecule is CCCCCC=CCC=CCCCCCC1OC1(CCCCCC)C(=O)O. The van der Waals surface area contributed by atoms with E-state index in [2.05, 4.69) is 38.2 Å². The molecular weight excluding hydrogens is 336 g/mol. The largest absolute Gasteiger partial charge is 0.479 e. The highest BCUT2D eigenvalue weighted by atomic mass is 16.6. The molecule has 1 aliphatic heterocycles. The molecular formula is C24H42O3. The van der Waals surface area contributed by atoms with E-state index in [-0.39, 0.29) is 6.10 Å². The molecule has 1 rings (SSSR count). The van der Waals surface area contributed by atoms with E-state index >= 15 is 0 Å². The molecule has 1 heterocycles. The zero-order chi connectivity index (χ0) is 19.8. The van der Waals surface area contributed by atoms with Crippen molar-refractivity contribution in [2.75, 3.05) is 0 Å². The Labute approximate surface area is 167 Å². The summed E-state index contributed by atoms with van der Waals surface area (Å²) < 4.78 is 5.63. The highest BCUT2D eigenvalue weighted by molar-refractivity contribution is 5.81. The fraction of sp³-hybridized carbons (Fsp3) is 0.792. The first-order chi connectivity index (χ1) is 13.2. The first-order valence-electron chi connectivity index (χ1n) is 11.4. The van der Waals surface area contributed by atoms with Crippen LogP contribution in [0.1, 0.15) is 110 Å². The standard InChI is InChI=1S/C24H42O3/c1-3-5-7-9-10-11-12-13-14-15-16-17-18-20-22-24(27-22,23(25)26)21-19-8-6-4-2/h10-11,13-14,22H,3-9,12,15-21H2,1-2H3,(H,25,26). The highest BCUT2D eigenvalue weighted by Crippen LogP contribution is 2.44. The summed E-state index contributed by atoms with van der Waals surface area (Å²) in [6.07, 6.45) is 25.8. The number of ether oxygens (including phenoxy) is 1. The first kappa shape index (κ1) is 23.9. The van der Waals surface area contributed by atoms with Gasteiger partial charge in [0, 0.05) is 0 Å². The van der Waals surface area contributed by atoms with Crippen LogP contribution >= 0.6 is 0 Å². The van der Waals surface area contributed by atoms with Crippen molar-refractivity contribution < 1.29 is 14.6 Å². The summed E-state index contributed by atoms with van der Waals surface area (Å²) in [5.41, 5.74) is -0.850. The van der Waals surface area contributed by atoms with Crippen molar-refractivity contribution in [3.63, 3.8) is 0 Å². The fourth-order valence-electron chi connectivity index (χ4n) is 3.63. The summed E-state index contributed by atoms with van der Waals surface area (Å²) in [4.78, 5) is 11.6. The topological polar surface area (TPSA) is 49.8 Å². The second-order valence-corrected chi connectivity index (χ2v) is 7.92. The van der Waals surface area contributed by atoms with Gasteiger partial charge in [0.1, 0.15) is 0 Å². The highest BCUT2D eigenvalue weighted by Gasteiger charge is 2.61. The van der Waals surface area contributed by atoms with Crippen LogP contribution in [0.25, 0.3) is 0 Å². The van der Waals surface area contributed by atoms with Gasteiger partial charge in [-0.25, -0.2) is 4.79 Å². The molecule has 3 nitrogen and oxygen atoms in total. The maximum absolute atomic E-state index is 11.6. The molecule has 0 bridgehead atoms. The van der Waals surface area contributed by atoms with E-state index in [4.69, 9.17) is 4.74 Å². The Morgan fingerprint density at radius 3 is 2.07 bits per heavy atom. The van der Waals surface area contributed by atoms with Gasteiger partial charge in [-0.1, -0.05) is 83.1 Å². The third-order valence-corrected chi connectivity index (χ3v) is 5.50. The number of carboxylic acid groups (broad SMARTS) is 1. The molecule has 0 radical (unpaired) electrons. The van der Waals surface area contributed by atoms with Gasteiger partial charge in [0.15, 0.2) is 5.60 Å². The fourth-order valence-corrected chi connectivity index (χ4v) is 3.63. The van der Waals surface area contributed by atoms with Crippen LogP contribution in [-0.4, -0.2) is 22.8 Å². The number of aliphatic carboxylic acids is 1. The molecule has 0 aliphatic carbocycles. The van der Waals surface area contributed by atoms with E-state index in [1.807, 2.05) is 0 Å². The minimum absolute atomic E-state index is 0.0509. The number of carboxylic acids is 1. The van der Waals surface area contributed by atoms with Crippen LogP contribution in [0.5, 0.6) is 0 Å². The molecule has 1 aliphatic rings. The molecule has 1 saturated heterocycles. The Morgan fingerprint density at radius 1 is 0.852 bits per heavy atom. The van der Waals surface area contributed by atoms with Crippen molar-refractivity contribution in [1.29, 1.82) is 0 Å². The third-order valence-electron chi connectivity index (χ3n) is 5.50. The molecule has 27 heavy (non-hydrogen) atoms. The van der Waals surface area contributed by atoms with Crippen LogP contribution in [0.15, 0.2) is 24.3 Å². The molecule has 1 fully saturated rings. The maximum Gasteiger partial charge on any atom is 0.338 e. The Morgan fingerprint density at radius 2 is 1.44 bits per heavy atom. The van der Waals surface area contributed by atoms with Gasteiger partial charge in [-0.3, -0.25) is 0 Å². The lowest BCUT2D eigenvalue weighted by molar-refractivity contribution is -0.143. The molecule has 1 N–H and O–H groups in total. The van der Waals surface area contributed by atoms with Crippen molar-refractivity contribution in [1.82, 2.24) is 0 Å². The lowest BCUT2D eigenvalue weighted by Crippen LogP contribution is -2.27. The third kappa shape index (κ3) is 10.1. The van der Waals surface area contributed by atoms with Gasteiger partial charge in [0.25, 0.3) is 0 Å². The molecule has 2 atom stereocenters. The summed E-state index contributed by atoms with van der Waals surface area (Å²) in [7, 11) is 0. The zero-order valence-corrected chi connectivity index (χ0v) is 17.8. The average molecular weight is 379 g/mol. The number of unbranched alkanes of at least 4 members (excludes halogenated alkanes) is 9. The number of hydrogen-bond donors (Lipinski definition) is 1. The lowest BCUT2D eigenvalue weighted by atomic mass is 9.94. The van der Waals surface area contributed by atoms with Crippen molar-refractivity contribution in [2.45, 2.75) is 122 Å². The van der Waals surface area contributed by atoms with Gasteiger partial charge in [0.2, 0.25) is 0 Å². The summed E-state index contributed by atoms with van der Waals surface area (Å²) in [5, 5.41) is 9.49. The predicted octanol–water partition coefficient (Wildman–Crippen LogP) is 7.21. The van der Waals surface area contributed by atoms with Crippen LogP contribution in [-0.2, 0) is 9.53 Å². The first-order valence-corrected chi connectivity index (χ1v) is 11.4. The quantitative estimate of drug-likeness (QED) is 0.156. The van der Waals surface area contributed by atoms with Gasteiger partial charge in [-0.2, -0.15) is 0 Å². The summed E-state index contributed by atoms with van der Waals surface area (Å²) in [6, 6.07) is 0. The van der Waals surface area contributed by atoms with Crippen molar-refractivity contribution in [3.05, 3.63) is 24.3 Å². The zero-order valence-electron chi connectivity index (χ0n) is 17.8. The minimum Gasteiger partial charge on any atom is -0.479 e. The molecule has 0 saturated carbocycles. The molecule has 3 heteroatoms. The van der Waals surface area contributed by atoms with E-state index < -0.39 is 11.6 Å². The van der Waals surface area contributed by atoms with Crippen LogP contribution in [0, 0.1) is 0 Å². The van der Waals surface area contributed by atoms with Gasteiger partial charge < -0.3 is 9.84 Å². The number of hydrogen-bond acceptors (Lipinski definition) is 2. The monoisotopic (exact) mass is 378 g/mol. The van der Waals surface area contributed by atoms with Crippen molar-refractivity contribution in [3.8, 4) is 0 Å². The molecule has 0 spiro atoms. The second-order valence-electron chi connectivity index (χ2n) is 7.92. The van der Waals surface area contributed by atoms with Gasteiger partial charge in [0.05, 0.1) is 6.10 Å². The maximum atomic E-state index is 11.6. The number of allylic oxidation sites excluding steroid dienone is 4. The van der Waals surface area contributed by atoms with E-state index in [1.54, 1.807) is 0 Å². The normalized spacial score (nSPS) is 22.1. The minimum atomic E-state index is -0.850. The van der Waals surface area contributed by atoms with Crippen molar-refractivity contribution >= 4 is 5.97 Å². The molecule has 0 aromatic rings. The summed E-state index contributed by atoms with van der Waals surface area (Å²) in [5.74, 6) is -0.755. The lowest BCUT2D eigenvalue weighted by Gasteiger charge is -2.07. The Hall–Kier alpha value is -1.09. The van der Waals surface area contributed by atoms with E-state index in [0.717, 1.165) is 44.9 Å². The number of carbonyl (C=O) groups is 1. The Kier molecular flexibility index (Phi) is 13.2. The van der Waals surface area contributed by atoms with Crippen LogP contribution in [0.4, 0.5) is 0 Å². The Balaban J connectivity index is 2.01. The van der Waals surface area contributed by atoms with E-state index in [1.165, 1.54) is 44.9 Å². The average Bonchev–Trinajstić information content (AvgIpc) is 3.37. The summed E-state index contributed by atoms with van der Waals surface area (Å²) in [6.45, 7) is 4.41. The van der Waals surface area contributed by atoms with Gasteiger partial charge in [-0.05, 0) is 51.4 Å². The smallest absolute Gasteiger partial charge is 0.338 e. The van der Waals surface area contributed by atoms with E-state index in [0.29, 0.717) is 6.42 Å². The molecule has 156 valence electrons. The van der Waals surface area contributed by atoms with Gasteiger partial charge in [-0.15, -0.1) is 0 Å². The summed E-state index contributed by atoms with van der Waals surface area (Å²) >= 11 is 0. The second kappa shape index (κ2) is 14.9. The molecule has 0 aromatic heterocycles. The van der Waals surface area contributed by atoms with Crippen molar-refractivity contribution in [2.24, 2.45) is 0 Å². The predicted molar refractivity (Wildman–Crippen MR) is 114 cm³/mol. The number of rotatable bonds is 18. The number of epoxide rings is 1. The van der Waals surface area contributed by atoms with Crippen LogP contribution < -0.4 is 0 Å². The molecule has 0 aromatic carbocycles. The molecule has 2 unspecified atom stereocenters. The van der Waals surface area contributed by atoms with Gasteiger partial charge >= 0.3 is 5.97 Å². The van der Waals surface area contributed by atoms with Crippen LogP contribution in [0.2, 0.25) is 0 Å².